The van der Waals surface area contributed by atoms with Crippen LogP contribution in [0.15, 0.2) is 16.5 Å². The number of carboxylic acids is 1. The molecular weight excluding hydrogens is 296 g/mol. The van der Waals surface area contributed by atoms with Gasteiger partial charge in [0.1, 0.15) is 4.88 Å². The molecule has 20 heavy (non-hydrogen) atoms. The third kappa shape index (κ3) is 4.64. The van der Waals surface area contributed by atoms with Crippen molar-refractivity contribution in [3.8, 4) is 0 Å². The number of hydrogen-bond acceptors (Lipinski definition) is 5. The number of amides is 1. The minimum Gasteiger partial charge on any atom is -0.477 e. The number of thioether (sulfide) groups is 1. The average Bonchev–Trinajstić information content (AvgIpc) is 2.74. The van der Waals surface area contributed by atoms with Crippen LogP contribution in [0.5, 0.6) is 0 Å². The topological polar surface area (TPSA) is 70.5 Å². The minimum atomic E-state index is -0.976. The van der Waals surface area contributed by atoms with E-state index in [1.807, 2.05) is 13.8 Å². The van der Waals surface area contributed by atoms with Crippen molar-refractivity contribution in [3.63, 3.8) is 0 Å². The summed E-state index contributed by atoms with van der Waals surface area (Å²) < 4.78 is 0.611. The molecule has 1 heterocycles. The highest BCUT2D eigenvalue weighted by Gasteiger charge is 2.17. The number of likely N-dealkylation sites (N-methyl/N-ethyl adjacent to an activating group) is 1. The molecule has 1 amide bonds. The van der Waals surface area contributed by atoms with Gasteiger partial charge in [-0.15, -0.1) is 11.3 Å². The van der Waals surface area contributed by atoms with Gasteiger partial charge in [0.25, 0.3) is 0 Å². The van der Waals surface area contributed by atoms with Crippen LogP contribution in [0.1, 0.15) is 29.2 Å². The average molecular weight is 314 g/mol. The molecule has 0 saturated heterocycles. The highest BCUT2D eigenvalue weighted by Crippen LogP contribution is 2.27. The van der Waals surface area contributed by atoms with Crippen LogP contribution in [0.25, 0.3) is 0 Å². The number of carboxylic acid groups (broad SMARTS) is 1. The fraction of sp³-hybridized carbons (Fsp3) is 0.462. The molecular formula is C13H18N2O3S2. The van der Waals surface area contributed by atoms with Gasteiger partial charge < -0.3 is 10.0 Å². The fourth-order valence-electron chi connectivity index (χ4n) is 1.55. The standard InChI is InChI=1S/C13H18N2O3S2/c1-5-15(6-8(2)3)10(16)7-19-13-14-9(4)11(20-13)12(17)18/h2,5-7H2,1,3-4H3,(H,17,18). The van der Waals surface area contributed by atoms with Gasteiger partial charge >= 0.3 is 5.97 Å². The molecule has 0 saturated carbocycles. The van der Waals surface area contributed by atoms with Crippen LogP contribution >= 0.6 is 23.1 Å². The normalized spacial score (nSPS) is 10.3. The predicted octanol–water partition coefficient (Wildman–Crippen LogP) is 2.67. The number of rotatable bonds is 7. The maximum atomic E-state index is 12.0. The Morgan fingerprint density at radius 3 is 2.60 bits per heavy atom. The summed E-state index contributed by atoms with van der Waals surface area (Å²) in [5, 5.41) is 8.96. The summed E-state index contributed by atoms with van der Waals surface area (Å²) in [5.74, 6) is -0.714. The summed E-state index contributed by atoms with van der Waals surface area (Å²) in [4.78, 5) is 29.1. The molecule has 1 N–H and O–H groups in total. The van der Waals surface area contributed by atoms with Gasteiger partial charge in [-0.3, -0.25) is 4.79 Å². The number of thiazole rings is 1. The Kier molecular flexibility index (Phi) is 6.22. The van der Waals surface area contributed by atoms with Crippen LogP contribution in [0.3, 0.4) is 0 Å². The van der Waals surface area contributed by atoms with Crippen LogP contribution in [0.2, 0.25) is 0 Å². The first-order valence-electron chi connectivity index (χ1n) is 6.10. The molecule has 5 nitrogen and oxygen atoms in total. The molecule has 110 valence electrons. The van der Waals surface area contributed by atoms with Gasteiger partial charge in [0.05, 0.1) is 11.4 Å². The van der Waals surface area contributed by atoms with Gasteiger partial charge in [-0.2, -0.15) is 0 Å². The second kappa shape index (κ2) is 7.44. The first-order chi connectivity index (χ1) is 9.35. The zero-order valence-electron chi connectivity index (χ0n) is 11.8. The van der Waals surface area contributed by atoms with Gasteiger partial charge in [-0.25, -0.2) is 9.78 Å². The molecule has 1 aromatic heterocycles. The van der Waals surface area contributed by atoms with Crippen molar-refractivity contribution in [2.45, 2.75) is 25.1 Å². The van der Waals surface area contributed by atoms with E-state index in [1.165, 1.54) is 11.8 Å². The van der Waals surface area contributed by atoms with Crippen LogP contribution in [0.4, 0.5) is 0 Å². The van der Waals surface area contributed by atoms with E-state index in [1.54, 1.807) is 11.8 Å². The van der Waals surface area contributed by atoms with E-state index in [0.29, 0.717) is 23.1 Å². The Balaban J connectivity index is 2.62. The van der Waals surface area contributed by atoms with E-state index in [2.05, 4.69) is 11.6 Å². The lowest BCUT2D eigenvalue weighted by Crippen LogP contribution is -2.33. The van der Waals surface area contributed by atoms with Crippen molar-refractivity contribution in [3.05, 3.63) is 22.7 Å². The summed E-state index contributed by atoms with van der Waals surface area (Å²) in [6.45, 7) is 10.4. The predicted molar refractivity (Wildman–Crippen MR) is 81.6 cm³/mol. The highest BCUT2D eigenvalue weighted by molar-refractivity contribution is 8.01. The van der Waals surface area contributed by atoms with E-state index >= 15 is 0 Å². The maximum Gasteiger partial charge on any atom is 0.347 e. The van der Waals surface area contributed by atoms with Crippen molar-refractivity contribution in [1.29, 1.82) is 0 Å². The number of aryl methyl sites for hydroxylation is 1. The molecule has 0 aromatic carbocycles. The van der Waals surface area contributed by atoms with E-state index < -0.39 is 5.97 Å². The summed E-state index contributed by atoms with van der Waals surface area (Å²) in [7, 11) is 0. The number of hydrogen-bond donors (Lipinski definition) is 1. The molecule has 1 rings (SSSR count). The molecule has 0 aliphatic carbocycles. The smallest absolute Gasteiger partial charge is 0.347 e. The van der Waals surface area contributed by atoms with Gasteiger partial charge in [0, 0.05) is 13.1 Å². The van der Waals surface area contributed by atoms with Gasteiger partial charge in [0.2, 0.25) is 5.91 Å². The Labute approximate surface area is 126 Å². The number of carbonyl (C=O) groups is 2. The molecule has 0 unspecified atom stereocenters. The van der Waals surface area contributed by atoms with Gasteiger partial charge in [0.15, 0.2) is 4.34 Å². The van der Waals surface area contributed by atoms with Crippen LogP contribution in [-0.2, 0) is 4.79 Å². The first-order valence-corrected chi connectivity index (χ1v) is 7.91. The Morgan fingerprint density at radius 1 is 1.50 bits per heavy atom. The van der Waals surface area contributed by atoms with E-state index in [0.717, 1.165) is 16.9 Å². The largest absolute Gasteiger partial charge is 0.477 e. The summed E-state index contributed by atoms with van der Waals surface area (Å²) in [5.41, 5.74) is 1.43. The van der Waals surface area contributed by atoms with Gasteiger partial charge in [-0.05, 0) is 20.8 Å². The third-order valence-electron chi connectivity index (χ3n) is 2.49. The van der Waals surface area contributed by atoms with E-state index in [-0.39, 0.29) is 16.5 Å². The molecule has 0 fully saturated rings. The Bertz CT molecular complexity index is 526. The SMILES string of the molecule is C=C(C)CN(CC)C(=O)CSc1nc(C)c(C(=O)O)s1. The molecule has 0 aliphatic heterocycles. The zero-order valence-corrected chi connectivity index (χ0v) is 13.4. The van der Waals surface area contributed by atoms with Crippen LogP contribution < -0.4 is 0 Å². The van der Waals surface area contributed by atoms with E-state index in [4.69, 9.17) is 5.11 Å². The minimum absolute atomic E-state index is 0.00484. The fourth-order valence-corrected chi connectivity index (χ4v) is 3.48. The summed E-state index contributed by atoms with van der Waals surface area (Å²) in [6.07, 6.45) is 0. The molecule has 0 atom stereocenters. The Hall–Kier alpha value is -1.34. The molecule has 0 radical (unpaired) electrons. The van der Waals surface area contributed by atoms with Crippen molar-refractivity contribution in [2.24, 2.45) is 0 Å². The zero-order chi connectivity index (χ0) is 15.3. The molecule has 0 bridgehead atoms. The lowest BCUT2D eigenvalue weighted by molar-refractivity contribution is -0.127. The third-order valence-corrected chi connectivity index (χ3v) is 4.76. The number of carbonyl (C=O) groups excluding carboxylic acids is 1. The van der Waals surface area contributed by atoms with Crippen LogP contribution in [0, 0.1) is 6.92 Å². The van der Waals surface area contributed by atoms with Crippen LogP contribution in [-0.4, -0.2) is 45.7 Å². The number of aromatic carboxylic acids is 1. The summed E-state index contributed by atoms with van der Waals surface area (Å²) in [6, 6.07) is 0. The first kappa shape index (κ1) is 16.7. The van der Waals surface area contributed by atoms with Crippen molar-refractivity contribution in [1.82, 2.24) is 9.88 Å². The number of aromatic nitrogens is 1. The molecule has 1 aromatic rings. The second-order valence-electron chi connectivity index (χ2n) is 4.35. The Morgan fingerprint density at radius 2 is 2.15 bits per heavy atom. The van der Waals surface area contributed by atoms with Crippen molar-refractivity contribution < 1.29 is 14.7 Å². The molecule has 0 spiro atoms. The molecule has 7 heteroatoms. The molecule has 0 aliphatic rings. The summed E-state index contributed by atoms with van der Waals surface area (Å²) >= 11 is 2.38. The second-order valence-corrected chi connectivity index (χ2v) is 6.57. The van der Waals surface area contributed by atoms with Crippen molar-refractivity contribution >= 4 is 35.0 Å². The lowest BCUT2D eigenvalue weighted by Gasteiger charge is -2.20. The quantitative estimate of drug-likeness (QED) is 0.619. The monoisotopic (exact) mass is 314 g/mol. The number of nitrogens with zero attached hydrogens (tertiary/aromatic N) is 2. The highest BCUT2D eigenvalue weighted by atomic mass is 32.2. The van der Waals surface area contributed by atoms with E-state index in [9.17, 15) is 9.59 Å². The van der Waals surface area contributed by atoms with Gasteiger partial charge in [-0.1, -0.05) is 23.9 Å². The maximum absolute atomic E-state index is 12.0. The lowest BCUT2D eigenvalue weighted by atomic mass is 10.3. The van der Waals surface area contributed by atoms with Crippen molar-refractivity contribution in [2.75, 3.05) is 18.8 Å².